The molecule has 140 valence electrons. The Kier molecular flexibility index (Phi) is 5.91. The van der Waals surface area contributed by atoms with Crippen molar-refractivity contribution in [2.24, 2.45) is 0 Å². The van der Waals surface area contributed by atoms with Gasteiger partial charge in [0.15, 0.2) is 0 Å². The summed E-state index contributed by atoms with van der Waals surface area (Å²) in [6.45, 7) is 6.80. The first kappa shape index (κ1) is 18.7. The molecule has 27 heavy (non-hydrogen) atoms. The summed E-state index contributed by atoms with van der Waals surface area (Å²) in [5.41, 5.74) is 4.37. The van der Waals surface area contributed by atoms with Crippen molar-refractivity contribution in [2.45, 2.75) is 33.6 Å². The molecule has 0 unspecified atom stereocenters. The summed E-state index contributed by atoms with van der Waals surface area (Å²) in [6, 6.07) is 13.1. The summed E-state index contributed by atoms with van der Waals surface area (Å²) in [4.78, 5) is 12.5. The molecule has 0 saturated carbocycles. The molecule has 3 aromatic rings. The molecular formula is C22H25N3O2. The third-order valence-electron chi connectivity index (χ3n) is 4.32. The molecule has 3 rings (SSSR count). The van der Waals surface area contributed by atoms with E-state index >= 15 is 0 Å². The molecule has 0 bridgehead atoms. The standard InChI is InChI=1S/C22H25N3O2/c1-4-5-12-27-20-10-11-21(17(3)13-20)24-22(26)18-6-8-19(9-7-18)25-15-16(2)14-23-25/h6-11,13-15H,4-5,12H2,1-3H3,(H,24,26). The lowest BCUT2D eigenvalue weighted by Gasteiger charge is -2.11. The Labute approximate surface area is 160 Å². The topological polar surface area (TPSA) is 56.1 Å². The quantitative estimate of drug-likeness (QED) is 0.606. The minimum Gasteiger partial charge on any atom is -0.494 e. The fraction of sp³-hybridized carbons (Fsp3) is 0.273. The predicted octanol–water partition coefficient (Wildman–Crippen LogP) is 4.92. The Morgan fingerprint density at radius 3 is 2.56 bits per heavy atom. The number of carbonyl (C=O) groups is 1. The number of rotatable bonds is 7. The van der Waals surface area contributed by atoms with Crippen LogP contribution in [0.15, 0.2) is 54.9 Å². The number of nitrogens with zero attached hydrogens (tertiary/aromatic N) is 2. The van der Waals surface area contributed by atoms with Crippen LogP contribution in [0, 0.1) is 13.8 Å². The summed E-state index contributed by atoms with van der Waals surface area (Å²) < 4.78 is 7.50. The van der Waals surface area contributed by atoms with E-state index in [9.17, 15) is 4.79 Å². The first-order chi connectivity index (χ1) is 13.1. The van der Waals surface area contributed by atoms with Gasteiger partial charge in [-0.15, -0.1) is 0 Å². The van der Waals surface area contributed by atoms with E-state index in [1.54, 1.807) is 23.0 Å². The smallest absolute Gasteiger partial charge is 0.255 e. The Morgan fingerprint density at radius 1 is 1.15 bits per heavy atom. The van der Waals surface area contributed by atoms with Crippen molar-refractivity contribution in [2.75, 3.05) is 11.9 Å². The van der Waals surface area contributed by atoms with E-state index in [0.717, 1.165) is 41.1 Å². The van der Waals surface area contributed by atoms with Gasteiger partial charge in [-0.25, -0.2) is 4.68 Å². The van der Waals surface area contributed by atoms with Gasteiger partial charge in [-0.2, -0.15) is 5.10 Å². The van der Waals surface area contributed by atoms with E-state index in [1.807, 2.05) is 50.4 Å². The number of anilines is 1. The zero-order valence-electron chi connectivity index (χ0n) is 16.0. The third kappa shape index (κ3) is 4.76. The molecule has 5 nitrogen and oxygen atoms in total. The van der Waals surface area contributed by atoms with Crippen LogP contribution in [-0.2, 0) is 0 Å². The maximum Gasteiger partial charge on any atom is 0.255 e. The Bertz CT molecular complexity index is 914. The van der Waals surface area contributed by atoms with Crippen LogP contribution in [0.2, 0.25) is 0 Å². The lowest BCUT2D eigenvalue weighted by Crippen LogP contribution is -2.13. The van der Waals surface area contributed by atoms with Crippen LogP contribution in [0.5, 0.6) is 5.75 Å². The number of benzene rings is 2. The van der Waals surface area contributed by atoms with Gasteiger partial charge in [0, 0.05) is 17.4 Å². The van der Waals surface area contributed by atoms with Crippen LogP contribution in [-0.4, -0.2) is 22.3 Å². The van der Waals surface area contributed by atoms with Gasteiger partial charge in [0.2, 0.25) is 0 Å². The monoisotopic (exact) mass is 363 g/mol. The van der Waals surface area contributed by atoms with E-state index in [1.165, 1.54) is 0 Å². The number of ether oxygens (including phenoxy) is 1. The number of hydrogen-bond donors (Lipinski definition) is 1. The molecule has 1 N–H and O–H groups in total. The molecule has 0 aliphatic carbocycles. The molecule has 0 saturated heterocycles. The Hall–Kier alpha value is -3.08. The number of unbranched alkanes of at least 4 members (excludes halogenated alkanes) is 1. The number of carbonyl (C=O) groups excluding carboxylic acids is 1. The molecule has 1 heterocycles. The maximum absolute atomic E-state index is 12.5. The normalized spacial score (nSPS) is 10.6. The highest BCUT2D eigenvalue weighted by Gasteiger charge is 2.09. The second-order valence-electron chi connectivity index (χ2n) is 6.64. The highest BCUT2D eigenvalue weighted by atomic mass is 16.5. The highest BCUT2D eigenvalue weighted by Crippen LogP contribution is 2.22. The lowest BCUT2D eigenvalue weighted by molar-refractivity contribution is 0.102. The second kappa shape index (κ2) is 8.54. The van der Waals surface area contributed by atoms with Gasteiger partial charge in [-0.1, -0.05) is 13.3 Å². The van der Waals surface area contributed by atoms with Crippen LogP contribution in [0.25, 0.3) is 5.69 Å². The largest absolute Gasteiger partial charge is 0.494 e. The average molecular weight is 363 g/mol. The van der Waals surface area contributed by atoms with Crippen molar-refractivity contribution >= 4 is 11.6 Å². The van der Waals surface area contributed by atoms with E-state index in [2.05, 4.69) is 17.3 Å². The number of amides is 1. The first-order valence-electron chi connectivity index (χ1n) is 9.23. The van der Waals surface area contributed by atoms with E-state index in [0.29, 0.717) is 12.2 Å². The second-order valence-corrected chi connectivity index (χ2v) is 6.64. The van der Waals surface area contributed by atoms with Crippen LogP contribution in [0.3, 0.4) is 0 Å². The van der Waals surface area contributed by atoms with Crippen LogP contribution in [0.4, 0.5) is 5.69 Å². The number of hydrogen-bond acceptors (Lipinski definition) is 3. The van der Waals surface area contributed by atoms with Gasteiger partial charge in [-0.3, -0.25) is 4.79 Å². The first-order valence-corrected chi connectivity index (χ1v) is 9.23. The van der Waals surface area contributed by atoms with E-state index in [-0.39, 0.29) is 5.91 Å². The zero-order chi connectivity index (χ0) is 19.2. The average Bonchev–Trinajstić information content (AvgIpc) is 3.10. The zero-order valence-corrected chi connectivity index (χ0v) is 16.0. The SMILES string of the molecule is CCCCOc1ccc(NC(=O)c2ccc(-n3cc(C)cn3)cc2)c(C)c1. The Balaban J connectivity index is 1.66. The van der Waals surface area contributed by atoms with Gasteiger partial charge in [-0.05, 0) is 73.9 Å². The summed E-state index contributed by atoms with van der Waals surface area (Å²) in [7, 11) is 0. The number of nitrogens with one attached hydrogen (secondary N) is 1. The minimum atomic E-state index is -0.138. The third-order valence-corrected chi connectivity index (χ3v) is 4.32. The molecule has 0 radical (unpaired) electrons. The number of aromatic nitrogens is 2. The van der Waals surface area contributed by atoms with Crippen molar-refractivity contribution in [3.05, 3.63) is 71.5 Å². The van der Waals surface area contributed by atoms with Crippen molar-refractivity contribution in [1.82, 2.24) is 9.78 Å². The van der Waals surface area contributed by atoms with Crippen molar-refractivity contribution in [3.63, 3.8) is 0 Å². The molecule has 0 aliphatic rings. The van der Waals surface area contributed by atoms with Crippen LogP contribution < -0.4 is 10.1 Å². The van der Waals surface area contributed by atoms with Crippen LogP contribution in [0.1, 0.15) is 41.3 Å². The van der Waals surface area contributed by atoms with E-state index < -0.39 is 0 Å². The molecule has 0 aliphatic heterocycles. The summed E-state index contributed by atoms with van der Waals surface area (Å²) in [5, 5.41) is 7.25. The van der Waals surface area contributed by atoms with E-state index in [4.69, 9.17) is 4.74 Å². The Morgan fingerprint density at radius 2 is 1.93 bits per heavy atom. The predicted molar refractivity (Wildman–Crippen MR) is 108 cm³/mol. The lowest BCUT2D eigenvalue weighted by atomic mass is 10.1. The fourth-order valence-electron chi connectivity index (χ4n) is 2.71. The molecule has 5 heteroatoms. The molecular weight excluding hydrogens is 338 g/mol. The van der Waals surface area contributed by atoms with Gasteiger partial charge in [0.05, 0.1) is 18.5 Å². The van der Waals surface area contributed by atoms with Crippen molar-refractivity contribution < 1.29 is 9.53 Å². The van der Waals surface area contributed by atoms with Crippen molar-refractivity contribution in [3.8, 4) is 11.4 Å². The molecule has 1 amide bonds. The molecule has 0 spiro atoms. The van der Waals surface area contributed by atoms with Gasteiger partial charge >= 0.3 is 0 Å². The minimum absolute atomic E-state index is 0.138. The van der Waals surface area contributed by atoms with Gasteiger partial charge in [0.1, 0.15) is 5.75 Å². The molecule has 0 fully saturated rings. The summed E-state index contributed by atoms with van der Waals surface area (Å²) in [5.74, 6) is 0.693. The highest BCUT2D eigenvalue weighted by molar-refractivity contribution is 6.04. The van der Waals surface area contributed by atoms with Crippen molar-refractivity contribution in [1.29, 1.82) is 0 Å². The number of aryl methyl sites for hydroxylation is 2. The molecule has 1 aromatic heterocycles. The van der Waals surface area contributed by atoms with Gasteiger partial charge in [0.25, 0.3) is 5.91 Å². The summed E-state index contributed by atoms with van der Waals surface area (Å²) >= 11 is 0. The van der Waals surface area contributed by atoms with Crippen LogP contribution >= 0.6 is 0 Å². The molecule has 0 atom stereocenters. The fourth-order valence-corrected chi connectivity index (χ4v) is 2.71. The van der Waals surface area contributed by atoms with Gasteiger partial charge < -0.3 is 10.1 Å². The maximum atomic E-state index is 12.5. The molecule has 2 aromatic carbocycles. The summed E-state index contributed by atoms with van der Waals surface area (Å²) in [6.07, 6.45) is 5.89.